The largest absolute Gasteiger partial charge is 0.497 e. The molecule has 0 spiro atoms. The van der Waals surface area contributed by atoms with Gasteiger partial charge in [0.2, 0.25) is 0 Å². The first kappa shape index (κ1) is 34.3. The second-order valence-corrected chi connectivity index (χ2v) is 11.1. The molecule has 0 bridgehead atoms. The highest BCUT2D eigenvalue weighted by molar-refractivity contribution is 7.44. The third-order valence-electron chi connectivity index (χ3n) is 6.07. The van der Waals surface area contributed by atoms with Crippen LogP contribution in [0.2, 0.25) is 0 Å². The third kappa shape index (κ3) is 15.6. The van der Waals surface area contributed by atoms with Crippen molar-refractivity contribution in [3.05, 3.63) is 52.9 Å². The van der Waals surface area contributed by atoms with Crippen molar-refractivity contribution in [2.24, 2.45) is 5.11 Å². The fourth-order valence-electron chi connectivity index (χ4n) is 3.52. The molecular weight excluding hydrogens is 503 g/mol. The minimum Gasteiger partial charge on any atom is -0.497 e. The average molecular weight is 553 g/mol. The highest BCUT2D eigenvalue weighted by Crippen LogP contribution is 2.43. The van der Waals surface area contributed by atoms with E-state index in [0.717, 1.165) is 30.6 Å². The Morgan fingerprint density at radius 1 is 1.08 bits per heavy atom. The van der Waals surface area contributed by atoms with E-state index < -0.39 is 14.6 Å². The Balaban J connectivity index is 2.56. The molecule has 216 valence electrons. The van der Waals surface area contributed by atoms with Gasteiger partial charge in [0.25, 0.3) is 8.53 Å². The first-order valence-corrected chi connectivity index (χ1v) is 14.8. The molecule has 2 unspecified atom stereocenters. The van der Waals surface area contributed by atoms with Crippen LogP contribution in [0.3, 0.4) is 0 Å². The van der Waals surface area contributed by atoms with E-state index in [-0.39, 0.29) is 25.4 Å². The topological polar surface area (TPSA) is 98.2 Å². The summed E-state index contributed by atoms with van der Waals surface area (Å²) < 4.78 is 31.2. The van der Waals surface area contributed by atoms with E-state index in [1.165, 1.54) is 25.7 Å². The Morgan fingerprint density at radius 3 is 2.45 bits per heavy atom. The molecule has 1 rings (SSSR count). The van der Waals surface area contributed by atoms with Crippen LogP contribution in [0.1, 0.15) is 71.3 Å². The standard InChI is InChI=1S/C28H49N4O5P/c1-7-9-10-11-12-13-28(35-21-25-14-16-27(33-6)17-15-25)18-20-34-22-26(30-31-29)23-37-38(36-19-8-2)32(5)24(3)4/h8,14-17,24,26,28H,2,7,9-13,18-23H2,1,3-6H3/t26?,28-,38?/m0/s1. The molecule has 0 aliphatic carbocycles. The van der Waals surface area contributed by atoms with E-state index in [1.54, 1.807) is 13.2 Å². The molecule has 0 aliphatic rings. The normalized spacial score (nSPS) is 13.8. The summed E-state index contributed by atoms with van der Waals surface area (Å²) in [7, 11) is 2.33. The molecule has 0 N–H and O–H groups in total. The number of unbranched alkanes of at least 4 members (excludes halogenated alkanes) is 4. The van der Waals surface area contributed by atoms with E-state index in [4.69, 9.17) is 28.8 Å². The van der Waals surface area contributed by atoms with Crippen molar-refractivity contribution in [3.63, 3.8) is 0 Å². The summed E-state index contributed by atoms with van der Waals surface area (Å²) >= 11 is 0. The second-order valence-electron chi connectivity index (χ2n) is 9.49. The van der Waals surface area contributed by atoms with Crippen LogP contribution in [0.4, 0.5) is 0 Å². The van der Waals surface area contributed by atoms with Crippen LogP contribution in [0.25, 0.3) is 10.4 Å². The number of rotatable bonds is 24. The van der Waals surface area contributed by atoms with Gasteiger partial charge in [0.05, 0.1) is 45.7 Å². The van der Waals surface area contributed by atoms with Crippen molar-refractivity contribution in [1.82, 2.24) is 4.67 Å². The Kier molecular flexibility index (Phi) is 20.0. The molecule has 10 heteroatoms. The van der Waals surface area contributed by atoms with Gasteiger partial charge in [-0.3, -0.25) is 0 Å². The quantitative estimate of drug-likeness (QED) is 0.0324. The maximum absolute atomic E-state index is 9.03. The maximum atomic E-state index is 9.03. The van der Waals surface area contributed by atoms with E-state index in [9.17, 15) is 0 Å². The van der Waals surface area contributed by atoms with Crippen molar-refractivity contribution in [3.8, 4) is 5.75 Å². The number of benzene rings is 1. The molecule has 9 nitrogen and oxygen atoms in total. The summed E-state index contributed by atoms with van der Waals surface area (Å²) in [5.41, 5.74) is 10.1. The zero-order valence-electron chi connectivity index (χ0n) is 24.1. The van der Waals surface area contributed by atoms with Crippen molar-refractivity contribution in [2.45, 2.75) is 90.5 Å². The molecule has 0 saturated carbocycles. The highest BCUT2D eigenvalue weighted by atomic mass is 31.2. The molecule has 38 heavy (non-hydrogen) atoms. The number of hydrogen-bond donors (Lipinski definition) is 0. The summed E-state index contributed by atoms with van der Waals surface area (Å²) in [6, 6.07) is 7.77. The van der Waals surface area contributed by atoms with Gasteiger partial charge >= 0.3 is 0 Å². The average Bonchev–Trinajstić information content (AvgIpc) is 2.93. The lowest BCUT2D eigenvalue weighted by molar-refractivity contribution is 0.00279. The fraction of sp³-hybridized carbons (Fsp3) is 0.714. The molecule has 0 amide bonds. The number of ether oxygens (including phenoxy) is 3. The minimum atomic E-state index is -1.29. The zero-order valence-corrected chi connectivity index (χ0v) is 25.0. The first-order chi connectivity index (χ1) is 18.4. The van der Waals surface area contributed by atoms with E-state index in [0.29, 0.717) is 19.8 Å². The Morgan fingerprint density at radius 2 is 1.82 bits per heavy atom. The van der Waals surface area contributed by atoms with Crippen LogP contribution in [0.5, 0.6) is 5.75 Å². The summed E-state index contributed by atoms with van der Waals surface area (Å²) in [5, 5.41) is 3.87. The molecule has 0 fully saturated rings. The lowest BCUT2D eigenvalue weighted by Crippen LogP contribution is -2.26. The molecule has 0 aliphatic heterocycles. The van der Waals surface area contributed by atoms with Gasteiger partial charge in [0, 0.05) is 17.6 Å². The SMILES string of the molecule is C=CCOP(OCC(COCC[C@H](CCCCCCC)OCc1ccc(OC)cc1)N=[N+]=[N-])N(C)C(C)C. The van der Waals surface area contributed by atoms with Gasteiger partial charge < -0.3 is 23.3 Å². The van der Waals surface area contributed by atoms with Crippen molar-refractivity contribution < 1.29 is 23.3 Å². The number of methoxy groups -OCH3 is 1. The smallest absolute Gasteiger partial charge is 0.259 e. The van der Waals surface area contributed by atoms with E-state index in [1.807, 2.05) is 36.0 Å². The van der Waals surface area contributed by atoms with Crippen LogP contribution in [0.15, 0.2) is 42.0 Å². The minimum absolute atomic E-state index is 0.104. The lowest BCUT2D eigenvalue weighted by atomic mass is 10.1. The van der Waals surface area contributed by atoms with E-state index in [2.05, 4.69) is 37.4 Å². The zero-order chi connectivity index (χ0) is 28.0. The molecule has 0 aromatic heterocycles. The van der Waals surface area contributed by atoms with Gasteiger partial charge in [-0.1, -0.05) is 62.4 Å². The predicted octanol–water partition coefficient (Wildman–Crippen LogP) is 7.81. The third-order valence-corrected chi connectivity index (χ3v) is 7.79. The molecule has 1 aromatic carbocycles. The van der Waals surface area contributed by atoms with Crippen LogP contribution < -0.4 is 4.74 Å². The van der Waals surface area contributed by atoms with Crippen LogP contribution in [-0.2, 0) is 25.1 Å². The Hall–Kier alpha value is -1.70. The van der Waals surface area contributed by atoms with Gasteiger partial charge in [0.1, 0.15) is 5.75 Å². The van der Waals surface area contributed by atoms with E-state index >= 15 is 0 Å². The molecular formula is C28H49N4O5P. The highest BCUT2D eigenvalue weighted by Gasteiger charge is 2.22. The lowest BCUT2D eigenvalue weighted by Gasteiger charge is -2.29. The van der Waals surface area contributed by atoms with Crippen molar-refractivity contribution in [1.29, 1.82) is 0 Å². The number of azide groups is 1. The van der Waals surface area contributed by atoms with Gasteiger partial charge in [-0.25, -0.2) is 4.67 Å². The number of hydrogen-bond acceptors (Lipinski definition) is 7. The van der Waals surface area contributed by atoms with Gasteiger partial charge in [-0.05, 0) is 57.0 Å². The Labute approximate surface area is 231 Å². The molecule has 1 aromatic rings. The maximum Gasteiger partial charge on any atom is 0.259 e. The summed E-state index contributed by atoms with van der Waals surface area (Å²) in [5.74, 6) is 0.837. The molecule has 0 saturated heterocycles. The van der Waals surface area contributed by atoms with Crippen molar-refractivity contribution in [2.75, 3.05) is 40.6 Å². The Bertz CT molecular complexity index is 777. The summed E-state index contributed by atoms with van der Waals surface area (Å²) in [6.07, 6.45) is 9.70. The predicted molar refractivity (Wildman–Crippen MR) is 155 cm³/mol. The van der Waals surface area contributed by atoms with Crippen molar-refractivity contribution >= 4 is 8.53 Å². The summed E-state index contributed by atoms with van der Waals surface area (Å²) in [4.78, 5) is 2.98. The molecule has 0 heterocycles. The number of nitrogens with zero attached hydrogens (tertiary/aromatic N) is 4. The van der Waals surface area contributed by atoms with Crippen LogP contribution in [0, 0.1) is 0 Å². The second kappa shape index (κ2) is 22.2. The monoisotopic (exact) mass is 552 g/mol. The molecule has 0 radical (unpaired) electrons. The summed E-state index contributed by atoms with van der Waals surface area (Å²) in [6.45, 7) is 12.0. The van der Waals surface area contributed by atoms with Crippen LogP contribution in [-0.4, -0.2) is 63.4 Å². The van der Waals surface area contributed by atoms with Crippen LogP contribution >= 0.6 is 8.53 Å². The molecule has 3 atom stereocenters. The fourth-order valence-corrected chi connectivity index (χ4v) is 4.87. The van der Waals surface area contributed by atoms with Gasteiger partial charge in [0.15, 0.2) is 0 Å². The van der Waals surface area contributed by atoms with Gasteiger partial charge in [-0.2, -0.15) is 0 Å². The first-order valence-electron chi connectivity index (χ1n) is 13.7. The van der Waals surface area contributed by atoms with Gasteiger partial charge in [-0.15, -0.1) is 6.58 Å².